The van der Waals surface area contributed by atoms with Gasteiger partial charge in [0, 0.05) is 12.8 Å². The average molecular weight is 129 g/mol. The van der Waals surface area contributed by atoms with Crippen LogP contribution in [0.5, 0.6) is 0 Å². The summed E-state index contributed by atoms with van der Waals surface area (Å²) < 4.78 is 0. The average Bonchev–Trinajstić information content (AvgIpc) is 1.93. The van der Waals surface area contributed by atoms with Crippen LogP contribution in [0.4, 0.5) is 0 Å². The molecule has 1 N–H and O–H groups in total. The molecule has 4 heteroatoms. The van der Waals surface area contributed by atoms with Gasteiger partial charge in [-0.25, -0.2) is 0 Å². The fraction of sp³-hybridized carbons (Fsp3) is 0.800. The van der Waals surface area contributed by atoms with E-state index in [9.17, 15) is 9.70 Å². The number of hydrogen-bond donors (Lipinski definition) is 1. The molecule has 0 aliphatic carbocycles. The Morgan fingerprint density at radius 3 is 3.00 bits per heavy atom. The van der Waals surface area contributed by atoms with Gasteiger partial charge in [-0.05, 0) is 6.42 Å². The highest BCUT2D eigenvalue weighted by Crippen LogP contribution is 1.98. The summed E-state index contributed by atoms with van der Waals surface area (Å²) in [6, 6.07) is 0. The van der Waals surface area contributed by atoms with Gasteiger partial charge in [-0.15, -0.1) is 0 Å². The van der Waals surface area contributed by atoms with E-state index in [-0.39, 0.29) is 5.91 Å². The summed E-state index contributed by atoms with van der Waals surface area (Å²) in [5.74, 6) is -0.164. The molecule has 0 spiro atoms. The molecule has 1 aliphatic rings. The van der Waals surface area contributed by atoms with Crippen LogP contribution >= 0.6 is 0 Å². The fourth-order valence-corrected chi connectivity index (χ4v) is 0.792. The minimum Gasteiger partial charge on any atom is -0.269 e. The summed E-state index contributed by atoms with van der Waals surface area (Å²) in [7, 11) is 0. The quantitative estimate of drug-likeness (QED) is 0.467. The number of amides is 1. The largest absolute Gasteiger partial charge is 0.278 e. The Bertz CT molecular complexity index is 128. The zero-order valence-electron chi connectivity index (χ0n) is 5.09. The molecule has 4 nitrogen and oxygen atoms in total. The van der Waals surface area contributed by atoms with Crippen molar-refractivity contribution >= 4 is 5.91 Å². The predicted molar refractivity (Wildman–Crippen MR) is 30.5 cm³/mol. The first-order chi connectivity index (χ1) is 4.29. The lowest BCUT2D eigenvalue weighted by Crippen LogP contribution is -2.30. The molecule has 0 atom stereocenters. The lowest BCUT2D eigenvalue weighted by molar-refractivity contribution is -0.592. The Morgan fingerprint density at radius 2 is 2.22 bits per heavy atom. The van der Waals surface area contributed by atoms with Crippen LogP contribution in [0.1, 0.15) is 19.3 Å². The number of nitroso groups, excluding NO2 is 1. The first-order valence-electron chi connectivity index (χ1n) is 3.03. The Hall–Kier alpha value is -0.930. The SMILES string of the molecule is O=C1CCCC[N+](=O)N1. The number of rotatable bonds is 0. The second kappa shape index (κ2) is 2.57. The normalized spacial score (nSPS) is 20.9. The van der Waals surface area contributed by atoms with Crippen molar-refractivity contribution in [2.75, 3.05) is 6.54 Å². The topological polar surface area (TPSA) is 49.2 Å². The van der Waals surface area contributed by atoms with E-state index in [4.69, 9.17) is 0 Å². The summed E-state index contributed by atoms with van der Waals surface area (Å²) in [6.07, 6.45) is 2.12. The predicted octanol–water partition coefficient (Wildman–Crippen LogP) is -0.0196. The van der Waals surface area contributed by atoms with Crippen LogP contribution in [0.15, 0.2) is 0 Å². The zero-order chi connectivity index (χ0) is 6.69. The van der Waals surface area contributed by atoms with Gasteiger partial charge in [-0.3, -0.25) is 4.79 Å². The molecular weight excluding hydrogens is 120 g/mol. The van der Waals surface area contributed by atoms with Crippen LogP contribution < -0.4 is 5.43 Å². The van der Waals surface area contributed by atoms with Gasteiger partial charge >= 0.3 is 0 Å². The standard InChI is InChI=1S/C5H8N2O2/c8-5-3-1-2-4-7(9)6-5/h1-4H2/p+1. The lowest BCUT2D eigenvalue weighted by atomic mass is 10.2. The molecule has 1 rings (SSSR count). The van der Waals surface area contributed by atoms with Crippen LogP contribution in [-0.4, -0.2) is 17.3 Å². The second-order valence-corrected chi connectivity index (χ2v) is 2.09. The maximum absolute atomic E-state index is 10.5. The minimum atomic E-state index is -0.164. The van der Waals surface area contributed by atoms with E-state index in [1.165, 1.54) is 0 Å². The number of carbonyl (C=O) groups excluding carboxylic acids is 1. The van der Waals surface area contributed by atoms with Crippen molar-refractivity contribution in [3.63, 3.8) is 0 Å². The number of nitrogens with zero attached hydrogens (tertiary/aromatic N) is 1. The molecule has 1 fully saturated rings. The molecule has 0 saturated carbocycles. The molecule has 9 heavy (non-hydrogen) atoms. The Balaban J connectivity index is 2.47. The summed E-state index contributed by atoms with van der Waals surface area (Å²) in [5.41, 5.74) is 2.18. The number of nitrogens with one attached hydrogen (secondary N) is 1. The van der Waals surface area contributed by atoms with E-state index in [1.54, 1.807) is 0 Å². The maximum atomic E-state index is 10.5. The molecular formula is C5H9N2O2+. The number of hydrogen-bond acceptors (Lipinski definition) is 2. The van der Waals surface area contributed by atoms with Gasteiger partial charge < -0.3 is 0 Å². The third-order valence-corrected chi connectivity index (χ3v) is 1.26. The van der Waals surface area contributed by atoms with Crippen molar-refractivity contribution in [1.29, 1.82) is 0 Å². The van der Waals surface area contributed by atoms with Gasteiger partial charge in [-0.1, -0.05) is 5.43 Å². The third-order valence-electron chi connectivity index (χ3n) is 1.26. The molecule has 1 amide bonds. The highest BCUT2D eigenvalue weighted by atomic mass is 16.3. The molecule has 0 aromatic carbocycles. The monoisotopic (exact) mass is 129 g/mol. The molecule has 50 valence electrons. The van der Waals surface area contributed by atoms with Crippen molar-refractivity contribution in [3.8, 4) is 0 Å². The molecule has 1 heterocycles. The van der Waals surface area contributed by atoms with Gasteiger partial charge in [-0.2, -0.15) is 0 Å². The highest BCUT2D eigenvalue weighted by molar-refractivity contribution is 5.74. The van der Waals surface area contributed by atoms with E-state index in [1.807, 2.05) is 0 Å². The van der Waals surface area contributed by atoms with E-state index in [0.29, 0.717) is 17.8 Å². The number of hydrazine groups is 1. The first-order valence-corrected chi connectivity index (χ1v) is 3.03. The second-order valence-electron chi connectivity index (χ2n) is 2.09. The van der Waals surface area contributed by atoms with Gasteiger partial charge in [0.2, 0.25) is 6.54 Å². The van der Waals surface area contributed by atoms with Gasteiger partial charge in [0.05, 0.1) is 4.91 Å². The smallest absolute Gasteiger partial charge is 0.269 e. The molecule has 0 radical (unpaired) electrons. The maximum Gasteiger partial charge on any atom is 0.278 e. The zero-order valence-corrected chi connectivity index (χ0v) is 5.09. The molecule has 0 aromatic heterocycles. The van der Waals surface area contributed by atoms with Crippen LogP contribution in [0.25, 0.3) is 0 Å². The van der Waals surface area contributed by atoms with Crippen molar-refractivity contribution in [2.45, 2.75) is 19.3 Å². The Kier molecular flexibility index (Phi) is 1.77. The van der Waals surface area contributed by atoms with Crippen LogP contribution in [0.2, 0.25) is 0 Å². The van der Waals surface area contributed by atoms with Crippen LogP contribution in [0.3, 0.4) is 0 Å². The molecule has 0 unspecified atom stereocenters. The minimum absolute atomic E-state index is 0.164. The van der Waals surface area contributed by atoms with Crippen molar-refractivity contribution < 1.29 is 9.66 Å². The lowest BCUT2D eigenvalue weighted by Gasteiger charge is -1.85. The van der Waals surface area contributed by atoms with Gasteiger partial charge in [0.1, 0.15) is 4.87 Å². The van der Waals surface area contributed by atoms with E-state index >= 15 is 0 Å². The van der Waals surface area contributed by atoms with E-state index in [0.717, 1.165) is 12.8 Å². The summed E-state index contributed by atoms with van der Waals surface area (Å²) in [4.78, 5) is 21.6. The van der Waals surface area contributed by atoms with E-state index < -0.39 is 0 Å². The molecule has 0 aromatic rings. The first kappa shape index (κ1) is 6.19. The van der Waals surface area contributed by atoms with E-state index in [2.05, 4.69) is 5.43 Å². The van der Waals surface area contributed by atoms with Crippen molar-refractivity contribution in [3.05, 3.63) is 4.91 Å². The number of carbonyl (C=O) groups is 1. The van der Waals surface area contributed by atoms with Crippen LogP contribution in [-0.2, 0) is 4.79 Å². The highest BCUT2D eigenvalue weighted by Gasteiger charge is 2.17. The van der Waals surface area contributed by atoms with Crippen molar-refractivity contribution in [2.24, 2.45) is 0 Å². The molecule has 1 aliphatic heterocycles. The fourth-order valence-electron chi connectivity index (χ4n) is 0.792. The van der Waals surface area contributed by atoms with Gasteiger partial charge in [0.15, 0.2) is 0 Å². The van der Waals surface area contributed by atoms with Crippen molar-refractivity contribution in [1.82, 2.24) is 5.43 Å². The third kappa shape index (κ3) is 1.79. The van der Waals surface area contributed by atoms with Gasteiger partial charge in [0.25, 0.3) is 5.91 Å². The summed E-state index contributed by atoms with van der Waals surface area (Å²) in [5, 5.41) is 0. The molecule has 0 bridgehead atoms. The Labute approximate surface area is 52.8 Å². The van der Waals surface area contributed by atoms with Crippen LogP contribution in [0, 0.1) is 4.91 Å². The summed E-state index contributed by atoms with van der Waals surface area (Å²) >= 11 is 0. The molecule has 1 saturated heterocycles. The summed E-state index contributed by atoms with van der Waals surface area (Å²) in [6.45, 7) is 0.422. The Morgan fingerprint density at radius 1 is 1.44 bits per heavy atom.